The van der Waals surface area contributed by atoms with Crippen molar-refractivity contribution in [3.8, 4) is 5.69 Å². The average molecular weight is 497 g/mol. The molecule has 0 aliphatic heterocycles. The molecule has 0 spiro atoms. The number of alkyl halides is 3. The van der Waals surface area contributed by atoms with Crippen LogP contribution in [-0.4, -0.2) is 24.9 Å². The highest BCUT2D eigenvalue weighted by Gasteiger charge is 2.31. The number of fused-ring (bicyclic) bond motifs is 1. The number of aromatic nitrogens is 4. The van der Waals surface area contributed by atoms with Crippen molar-refractivity contribution in [1.29, 1.82) is 0 Å². The molecule has 0 saturated heterocycles. The minimum atomic E-state index is -4.61. The van der Waals surface area contributed by atoms with E-state index < -0.39 is 17.6 Å². The number of rotatable bonds is 6. The first kappa shape index (κ1) is 23.3. The van der Waals surface area contributed by atoms with E-state index in [0.717, 1.165) is 12.1 Å². The molecule has 0 N–H and O–H groups in total. The molecule has 5 nitrogen and oxygen atoms in total. The summed E-state index contributed by atoms with van der Waals surface area (Å²) in [7, 11) is 0. The van der Waals surface area contributed by atoms with Gasteiger partial charge in [-0.1, -0.05) is 29.4 Å². The zero-order valence-corrected chi connectivity index (χ0v) is 18.8. The summed E-state index contributed by atoms with van der Waals surface area (Å²) in [6, 6.07) is 9.12. The van der Waals surface area contributed by atoms with Gasteiger partial charge in [-0.05, 0) is 55.3 Å². The monoisotopic (exact) mass is 496 g/mol. The number of thioether (sulfide) groups is 1. The zero-order chi connectivity index (χ0) is 23.8. The summed E-state index contributed by atoms with van der Waals surface area (Å²) in [5, 5.41) is 0.862. The molecule has 0 saturated carbocycles. The fourth-order valence-electron chi connectivity index (χ4n) is 3.30. The molecule has 4 aromatic rings. The third-order valence-electron chi connectivity index (χ3n) is 5.02. The van der Waals surface area contributed by atoms with Crippen LogP contribution in [0.5, 0.6) is 0 Å². The van der Waals surface area contributed by atoms with Crippen LogP contribution in [0.1, 0.15) is 18.1 Å². The standard InChI is InChI=1S/C22H17ClF4N4OS/c1-2-30-12-28-18-19(30)29-21(31(20(18)32)16-7-5-15(23)6-8-16)33-10-9-13-3-4-14(11-17(13)24)22(25,26)27/h3-8,11-12H,2,9-10H2,1H3. The molecular formula is C22H17ClF4N4OS. The number of benzene rings is 2. The lowest BCUT2D eigenvalue weighted by Crippen LogP contribution is -2.22. The quantitative estimate of drug-likeness (QED) is 0.194. The van der Waals surface area contributed by atoms with E-state index in [1.54, 1.807) is 28.8 Å². The number of hydrogen-bond donors (Lipinski definition) is 0. The van der Waals surface area contributed by atoms with Crippen molar-refractivity contribution in [2.45, 2.75) is 31.2 Å². The van der Waals surface area contributed by atoms with E-state index in [-0.39, 0.29) is 28.8 Å². The molecule has 4 rings (SSSR count). The molecule has 2 heterocycles. The van der Waals surface area contributed by atoms with E-state index >= 15 is 0 Å². The summed E-state index contributed by atoms with van der Waals surface area (Å²) in [4.78, 5) is 22.0. The second-order valence-corrected chi connectivity index (χ2v) is 8.62. The first-order valence-corrected chi connectivity index (χ1v) is 11.3. The van der Waals surface area contributed by atoms with E-state index in [1.165, 1.54) is 22.7 Å². The fraction of sp³-hybridized carbons (Fsp3) is 0.227. The second-order valence-electron chi connectivity index (χ2n) is 7.12. The van der Waals surface area contributed by atoms with Crippen LogP contribution in [0.2, 0.25) is 5.02 Å². The largest absolute Gasteiger partial charge is 0.416 e. The van der Waals surface area contributed by atoms with Gasteiger partial charge in [-0.2, -0.15) is 13.2 Å². The maximum absolute atomic E-state index is 14.2. The van der Waals surface area contributed by atoms with Crippen molar-refractivity contribution in [2.24, 2.45) is 0 Å². The van der Waals surface area contributed by atoms with Gasteiger partial charge in [0.25, 0.3) is 5.56 Å². The molecule has 0 unspecified atom stereocenters. The summed E-state index contributed by atoms with van der Waals surface area (Å²) >= 11 is 7.17. The minimum Gasteiger partial charge on any atom is -0.315 e. The van der Waals surface area contributed by atoms with Crippen molar-refractivity contribution in [2.75, 3.05) is 5.75 Å². The zero-order valence-electron chi connectivity index (χ0n) is 17.2. The van der Waals surface area contributed by atoms with Crippen molar-refractivity contribution in [3.05, 3.63) is 81.1 Å². The SMILES string of the molecule is CCn1cnc2c(=O)n(-c3ccc(Cl)cc3)c(SCCc3ccc(C(F)(F)F)cc3F)nc21. The molecule has 172 valence electrons. The number of imidazole rings is 1. The van der Waals surface area contributed by atoms with Crippen molar-refractivity contribution >= 4 is 34.5 Å². The van der Waals surface area contributed by atoms with E-state index in [9.17, 15) is 22.4 Å². The molecule has 0 amide bonds. The van der Waals surface area contributed by atoms with Gasteiger partial charge >= 0.3 is 6.18 Å². The number of hydrogen-bond acceptors (Lipinski definition) is 4. The highest BCUT2D eigenvalue weighted by molar-refractivity contribution is 7.99. The predicted octanol–water partition coefficient (Wildman–Crippen LogP) is 5.75. The summed E-state index contributed by atoms with van der Waals surface area (Å²) in [6.07, 6.45) is -2.92. The van der Waals surface area contributed by atoms with Crippen LogP contribution in [0, 0.1) is 5.82 Å². The molecule has 0 aliphatic rings. The van der Waals surface area contributed by atoms with Gasteiger partial charge < -0.3 is 4.57 Å². The maximum Gasteiger partial charge on any atom is 0.416 e. The Morgan fingerprint density at radius 2 is 1.85 bits per heavy atom. The van der Waals surface area contributed by atoms with Crippen LogP contribution in [0.15, 0.2) is 58.7 Å². The Morgan fingerprint density at radius 1 is 1.12 bits per heavy atom. The molecule has 0 aliphatic carbocycles. The van der Waals surface area contributed by atoms with Crippen LogP contribution in [-0.2, 0) is 19.1 Å². The molecule has 0 fully saturated rings. The Bertz CT molecular complexity index is 1370. The molecule has 0 atom stereocenters. The number of halogens is 5. The summed E-state index contributed by atoms with van der Waals surface area (Å²) in [6.45, 7) is 2.46. The molecule has 0 radical (unpaired) electrons. The van der Waals surface area contributed by atoms with Crippen LogP contribution in [0.4, 0.5) is 17.6 Å². The molecule has 11 heteroatoms. The van der Waals surface area contributed by atoms with Crippen molar-refractivity contribution in [3.63, 3.8) is 0 Å². The fourth-order valence-corrected chi connectivity index (χ4v) is 4.40. The molecular weight excluding hydrogens is 480 g/mol. The molecule has 2 aromatic carbocycles. The highest BCUT2D eigenvalue weighted by atomic mass is 35.5. The van der Waals surface area contributed by atoms with Crippen LogP contribution >= 0.6 is 23.4 Å². The lowest BCUT2D eigenvalue weighted by atomic mass is 10.1. The summed E-state index contributed by atoms with van der Waals surface area (Å²) < 4.78 is 55.7. The van der Waals surface area contributed by atoms with Crippen molar-refractivity contribution in [1.82, 2.24) is 19.1 Å². The van der Waals surface area contributed by atoms with Gasteiger partial charge in [-0.15, -0.1) is 0 Å². The first-order chi connectivity index (χ1) is 15.7. The van der Waals surface area contributed by atoms with Gasteiger partial charge in [0.1, 0.15) is 5.82 Å². The van der Waals surface area contributed by atoms with Gasteiger partial charge in [0, 0.05) is 17.3 Å². The van der Waals surface area contributed by atoms with Gasteiger partial charge in [0.15, 0.2) is 16.3 Å². The van der Waals surface area contributed by atoms with Gasteiger partial charge in [-0.3, -0.25) is 9.36 Å². The summed E-state index contributed by atoms with van der Waals surface area (Å²) in [5.41, 5.74) is -0.0739. The Balaban J connectivity index is 1.67. The average Bonchev–Trinajstić information content (AvgIpc) is 3.18. The topological polar surface area (TPSA) is 52.7 Å². The van der Waals surface area contributed by atoms with Gasteiger partial charge in [0.2, 0.25) is 0 Å². The number of aryl methyl sites for hydroxylation is 2. The van der Waals surface area contributed by atoms with E-state index in [4.69, 9.17) is 11.6 Å². The number of nitrogens with zero attached hydrogens (tertiary/aromatic N) is 4. The lowest BCUT2D eigenvalue weighted by molar-refractivity contribution is -0.137. The van der Waals surface area contributed by atoms with Crippen LogP contribution in [0.3, 0.4) is 0 Å². The third-order valence-corrected chi connectivity index (χ3v) is 6.21. The Hall–Kier alpha value is -2.85. The molecule has 0 bridgehead atoms. The Labute approximate surface area is 195 Å². The first-order valence-electron chi connectivity index (χ1n) is 9.91. The maximum atomic E-state index is 14.2. The second kappa shape index (κ2) is 9.18. The Morgan fingerprint density at radius 3 is 2.48 bits per heavy atom. The van der Waals surface area contributed by atoms with Crippen LogP contribution in [0.25, 0.3) is 16.9 Å². The highest BCUT2D eigenvalue weighted by Crippen LogP contribution is 2.31. The minimum absolute atomic E-state index is 0.149. The van der Waals surface area contributed by atoms with E-state index in [2.05, 4.69) is 9.97 Å². The third kappa shape index (κ3) is 4.77. The lowest BCUT2D eigenvalue weighted by Gasteiger charge is -2.13. The normalized spacial score (nSPS) is 11.9. The molecule has 2 aromatic heterocycles. The Kier molecular flexibility index (Phi) is 6.49. The molecule has 33 heavy (non-hydrogen) atoms. The van der Waals surface area contributed by atoms with E-state index in [0.29, 0.717) is 34.1 Å². The predicted molar refractivity (Wildman–Crippen MR) is 120 cm³/mol. The van der Waals surface area contributed by atoms with Gasteiger partial charge in [0.05, 0.1) is 17.6 Å². The van der Waals surface area contributed by atoms with E-state index in [1.807, 2.05) is 6.92 Å². The van der Waals surface area contributed by atoms with Crippen LogP contribution < -0.4 is 5.56 Å². The van der Waals surface area contributed by atoms with Crippen molar-refractivity contribution < 1.29 is 17.6 Å². The summed E-state index contributed by atoms with van der Waals surface area (Å²) in [5.74, 6) is -0.637. The smallest absolute Gasteiger partial charge is 0.315 e. The van der Waals surface area contributed by atoms with Gasteiger partial charge in [-0.25, -0.2) is 14.4 Å².